The molecule has 6 nitrogen and oxygen atoms in total. The highest BCUT2D eigenvalue weighted by molar-refractivity contribution is 5.89. The predicted octanol–water partition coefficient (Wildman–Crippen LogP) is 5.57. The molecular weight excluding hydrogens is 364 g/mol. The minimum absolute atomic E-state index is 0.327. The molecule has 1 heterocycles. The zero-order chi connectivity index (χ0) is 20.8. The Morgan fingerprint density at radius 2 is 1.59 bits per heavy atom. The molecule has 0 amide bonds. The van der Waals surface area contributed by atoms with E-state index in [1.807, 2.05) is 37.3 Å². The van der Waals surface area contributed by atoms with Gasteiger partial charge in [-0.15, -0.1) is 0 Å². The summed E-state index contributed by atoms with van der Waals surface area (Å²) < 4.78 is 5.01. The van der Waals surface area contributed by atoms with E-state index in [2.05, 4.69) is 46.6 Å². The van der Waals surface area contributed by atoms with Gasteiger partial charge in [-0.2, -0.15) is 4.98 Å². The van der Waals surface area contributed by atoms with E-state index in [-0.39, 0.29) is 5.97 Å². The number of hydrogen-bond donors (Lipinski definition) is 2. The van der Waals surface area contributed by atoms with E-state index in [0.717, 1.165) is 17.1 Å². The molecule has 150 valence electrons. The molecule has 0 bridgehead atoms. The SMILES string of the molecule is CCOC(=O)c1ccc(Nc2cc(C)nc(Nc3ccc(C(C)C)cc3)n2)cc1. The van der Waals surface area contributed by atoms with E-state index in [9.17, 15) is 4.79 Å². The van der Waals surface area contributed by atoms with Crippen LogP contribution in [0.2, 0.25) is 0 Å². The standard InChI is InChI=1S/C23H26N4O2/c1-5-29-22(28)18-8-12-19(13-9-18)25-21-14-16(4)24-23(27-21)26-20-10-6-17(7-11-20)15(2)3/h6-15H,5H2,1-4H3,(H2,24,25,26,27). The van der Waals surface area contributed by atoms with Crippen LogP contribution in [0.3, 0.4) is 0 Å². The number of hydrogen-bond acceptors (Lipinski definition) is 6. The van der Waals surface area contributed by atoms with Gasteiger partial charge in [0, 0.05) is 23.1 Å². The van der Waals surface area contributed by atoms with Crippen molar-refractivity contribution in [3.63, 3.8) is 0 Å². The van der Waals surface area contributed by atoms with Crippen LogP contribution in [0.1, 0.15) is 48.3 Å². The van der Waals surface area contributed by atoms with Crippen LogP contribution >= 0.6 is 0 Å². The van der Waals surface area contributed by atoms with Crippen molar-refractivity contribution in [1.82, 2.24) is 9.97 Å². The lowest BCUT2D eigenvalue weighted by Crippen LogP contribution is -2.05. The van der Waals surface area contributed by atoms with Crippen LogP contribution < -0.4 is 10.6 Å². The van der Waals surface area contributed by atoms with Gasteiger partial charge in [-0.3, -0.25) is 0 Å². The molecule has 29 heavy (non-hydrogen) atoms. The van der Waals surface area contributed by atoms with E-state index in [1.165, 1.54) is 5.56 Å². The normalized spacial score (nSPS) is 10.7. The monoisotopic (exact) mass is 390 g/mol. The molecule has 0 aliphatic heterocycles. The molecular formula is C23H26N4O2. The molecule has 0 atom stereocenters. The van der Waals surface area contributed by atoms with Crippen molar-refractivity contribution >= 4 is 29.1 Å². The lowest BCUT2D eigenvalue weighted by atomic mass is 10.0. The molecule has 0 spiro atoms. The smallest absolute Gasteiger partial charge is 0.338 e. The van der Waals surface area contributed by atoms with Crippen molar-refractivity contribution in [1.29, 1.82) is 0 Å². The van der Waals surface area contributed by atoms with Crippen molar-refractivity contribution in [2.24, 2.45) is 0 Å². The Kier molecular flexibility index (Phi) is 6.44. The van der Waals surface area contributed by atoms with Crippen molar-refractivity contribution in [3.05, 3.63) is 71.4 Å². The minimum atomic E-state index is -0.327. The predicted molar refractivity (Wildman–Crippen MR) is 116 cm³/mol. The summed E-state index contributed by atoms with van der Waals surface area (Å²) in [7, 11) is 0. The number of esters is 1. The van der Waals surface area contributed by atoms with Crippen LogP contribution in [0.5, 0.6) is 0 Å². The highest BCUT2D eigenvalue weighted by Gasteiger charge is 2.07. The summed E-state index contributed by atoms with van der Waals surface area (Å²) in [6.07, 6.45) is 0. The number of nitrogens with one attached hydrogen (secondary N) is 2. The maximum absolute atomic E-state index is 11.8. The molecule has 6 heteroatoms. The first-order valence-corrected chi connectivity index (χ1v) is 9.71. The molecule has 0 fully saturated rings. The van der Waals surface area contributed by atoms with Gasteiger partial charge in [0.05, 0.1) is 12.2 Å². The summed E-state index contributed by atoms with van der Waals surface area (Å²) in [5, 5.41) is 6.50. The van der Waals surface area contributed by atoms with Gasteiger partial charge in [-0.25, -0.2) is 9.78 Å². The summed E-state index contributed by atoms with van der Waals surface area (Å²) in [6, 6.07) is 17.2. The molecule has 2 aromatic carbocycles. The van der Waals surface area contributed by atoms with Crippen LogP contribution in [0.25, 0.3) is 0 Å². The molecule has 0 radical (unpaired) electrons. The minimum Gasteiger partial charge on any atom is -0.462 e. The quantitative estimate of drug-likeness (QED) is 0.514. The first-order chi connectivity index (χ1) is 13.9. The molecule has 0 saturated heterocycles. The van der Waals surface area contributed by atoms with Crippen LogP contribution in [0.15, 0.2) is 54.6 Å². The molecule has 3 aromatic rings. The Balaban J connectivity index is 1.72. The van der Waals surface area contributed by atoms with Gasteiger partial charge < -0.3 is 15.4 Å². The fraction of sp³-hybridized carbons (Fsp3) is 0.261. The Morgan fingerprint density at radius 3 is 2.21 bits per heavy atom. The Morgan fingerprint density at radius 1 is 0.966 bits per heavy atom. The number of anilines is 4. The van der Waals surface area contributed by atoms with Gasteiger partial charge >= 0.3 is 5.97 Å². The third kappa shape index (κ3) is 5.54. The molecule has 1 aromatic heterocycles. The van der Waals surface area contributed by atoms with Crippen molar-refractivity contribution in [3.8, 4) is 0 Å². The zero-order valence-corrected chi connectivity index (χ0v) is 17.2. The number of ether oxygens (including phenoxy) is 1. The second-order valence-electron chi connectivity index (χ2n) is 7.04. The molecule has 0 aliphatic rings. The number of aromatic nitrogens is 2. The third-order valence-electron chi connectivity index (χ3n) is 4.36. The Bertz CT molecular complexity index is 967. The fourth-order valence-corrected chi connectivity index (χ4v) is 2.82. The second kappa shape index (κ2) is 9.19. The third-order valence-corrected chi connectivity index (χ3v) is 4.36. The van der Waals surface area contributed by atoms with E-state index in [4.69, 9.17) is 4.74 Å². The highest BCUT2D eigenvalue weighted by Crippen LogP contribution is 2.22. The molecule has 0 saturated carbocycles. The number of aryl methyl sites for hydroxylation is 1. The van der Waals surface area contributed by atoms with E-state index >= 15 is 0 Å². The molecule has 2 N–H and O–H groups in total. The van der Waals surface area contributed by atoms with E-state index < -0.39 is 0 Å². The lowest BCUT2D eigenvalue weighted by molar-refractivity contribution is 0.0526. The van der Waals surface area contributed by atoms with Crippen LogP contribution in [0.4, 0.5) is 23.1 Å². The van der Waals surface area contributed by atoms with Gasteiger partial charge in [-0.05, 0) is 61.7 Å². The summed E-state index contributed by atoms with van der Waals surface area (Å²) in [4.78, 5) is 20.8. The van der Waals surface area contributed by atoms with Crippen molar-refractivity contribution < 1.29 is 9.53 Å². The number of carbonyl (C=O) groups is 1. The Hall–Kier alpha value is -3.41. The van der Waals surface area contributed by atoms with Crippen LogP contribution in [-0.2, 0) is 4.74 Å². The second-order valence-corrected chi connectivity index (χ2v) is 7.04. The van der Waals surface area contributed by atoms with Gasteiger partial charge in [-0.1, -0.05) is 26.0 Å². The topological polar surface area (TPSA) is 76.1 Å². The molecule has 0 aliphatic carbocycles. The summed E-state index contributed by atoms with van der Waals surface area (Å²) in [6.45, 7) is 8.40. The van der Waals surface area contributed by atoms with Crippen molar-refractivity contribution in [2.45, 2.75) is 33.6 Å². The average molecular weight is 390 g/mol. The summed E-state index contributed by atoms with van der Waals surface area (Å²) >= 11 is 0. The van der Waals surface area contributed by atoms with Gasteiger partial charge in [0.2, 0.25) is 5.95 Å². The maximum Gasteiger partial charge on any atom is 0.338 e. The van der Waals surface area contributed by atoms with E-state index in [1.54, 1.807) is 19.1 Å². The van der Waals surface area contributed by atoms with Crippen LogP contribution in [0, 0.1) is 6.92 Å². The van der Waals surface area contributed by atoms with Crippen LogP contribution in [-0.4, -0.2) is 22.5 Å². The lowest BCUT2D eigenvalue weighted by Gasteiger charge is -2.11. The van der Waals surface area contributed by atoms with Crippen molar-refractivity contribution in [2.75, 3.05) is 17.2 Å². The van der Waals surface area contributed by atoms with Gasteiger partial charge in [0.25, 0.3) is 0 Å². The first kappa shape index (κ1) is 20.3. The first-order valence-electron chi connectivity index (χ1n) is 9.71. The highest BCUT2D eigenvalue weighted by atomic mass is 16.5. The molecule has 0 unspecified atom stereocenters. The summed E-state index contributed by atoms with van der Waals surface area (Å²) in [5.74, 6) is 1.35. The largest absolute Gasteiger partial charge is 0.462 e. The zero-order valence-electron chi connectivity index (χ0n) is 17.2. The maximum atomic E-state index is 11.8. The van der Waals surface area contributed by atoms with Gasteiger partial charge in [0.1, 0.15) is 5.82 Å². The van der Waals surface area contributed by atoms with Gasteiger partial charge in [0.15, 0.2) is 0 Å². The fourth-order valence-electron chi connectivity index (χ4n) is 2.82. The van der Waals surface area contributed by atoms with E-state index in [0.29, 0.717) is 29.9 Å². The number of rotatable bonds is 7. The number of nitrogens with zero attached hydrogens (tertiary/aromatic N) is 2. The number of benzene rings is 2. The average Bonchev–Trinajstić information content (AvgIpc) is 2.68. The summed E-state index contributed by atoms with van der Waals surface area (Å²) in [5.41, 5.74) is 4.40. The number of carbonyl (C=O) groups excluding carboxylic acids is 1. The Labute approximate surface area is 171 Å². The molecule has 3 rings (SSSR count).